The first-order valence-corrected chi connectivity index (χ1v) is 12.2. The fourth-order valence-corrected chi connectivity index (χ4v) is 4.48. The number of H-pyrrole nitrogens is 1. The van der Waals surface area contributed by atoms with Crippen LogP contribution in [0.2, 0.25) is 0 Å². The second kappa shape index (κ2) is 10.5. The Kier molecular flexibility index (Phi) is 7.51. The summed E-state index contributed by atoms with van der Waals surface area (Å²) in [7, 11) is 2.10. The van der Waals surface area contributed by atoms with Crippen molar-refractivity contribution >= 4 is 56.9 Å². The molecular weight excluding hydrogens is 509 g/mol. The van der Waals surface area contributed by atoms with E-state index < -0.39 is 5.82 Å². The molecule has 1 aromatic carbocycles. The lowest BCUT2D eigenvalue weighted by Gasteiger charge is -2.33. The molecule has 33 heavy (non-hydrogen) atoms. The number of nitrogens with one attached hydrogen (secondary N) is 2. The molecule has 1 aliphatic rings. The van der Waals surface area contributed by atoms with Crippen molar-refractivity contribution < 1.29 is 9.13 Å². The number of thioether (sulfide) groups is 1. The maximum Gasteiger partial charge on any atom is 0.326 e. The molecule has 0 amide bonds. The minimum atomic E-state index is -0.478. The molecule has 0 spiro atoms. The van der Waals surface area contributed by atoms with Crippen LogP contribution in [0.25, 0.3) is 10.9 Å². The number of anilines is 2. The van der Waals surface area contributed by atoms with Gasteiger partial charge in [-0.1, -0.05) is 11.8 Å². The van der Waals surface area contributed by atoms with Crippen molar-refractivity contribution in [2.45, 2.75) is 6.92 Å². The zero-order valence-electron chi connectivity index (χ0n) is 18.4. The molecule has 0 unspecified atom stereocenters. The van der Waals surface area contributed by atoms with E-state index in [2.05, 4.69) is 64.8 Å². The summed E-state index contributed by atoms with van der Waals surface area (Å²) in [5, 5.41) is 4.12. The van der Waals surface area contributed by atoms with Gasteiger partial charge in [-0.15, -0.1) is 0 Å². The van der Waals surface area contributed by atoms with Crippen molar-refractivity contribution in [3.63, 3.8) is 0 Å². The average Bonchev–Trinajstić information content (AvgIpc) is 3.13. The van der Waals surface area contributed by atoms with Gasteiger partial charge in [0, 0.05) is 61.1 Å². The smallest absolute Gasteiger partial charge is 0.326 e. The predicted molar refractivity (Wildman–Crippen MR) is 137 cm³/mol. The second-order valence-electron chi connectivity index (χ2n) is 7.69. The molecule has 3 heterocycles. The largest absolute Gasteiger partial charge is 0.421 e. The molecule has 2 aromatic heterocycles. The van der Waals surface area contributed by atoms with Gasteiger partial charge in [0.2, 0.25) is 0 Å². The van der Waals surface area contributed by atoms with Gasteiger partial charge in [0.15, 0.2) is 11.6 Å². The summed E-state index contributed by atoms with van der Waals surface area (Å²) in [6.45, 7) is 8.91. The Bertz CT molecular complexity index is 1180. The summed E-state index contributed by atoms with van der Waals surface area (Å²) < 4.78 is 21.4. The molecule has 1 aliphatic heterocycles. The molecule has 0 radical (unpaired) electrons. The lowest BCUT2D eigenvalue weighted by atomic mass is 10.2. The van der Waals surface area contributed by atoms with Crippen LogP contribution in [-0.4, -0.2) is 65.7 Å². The third-order valence-electron chi connectivity index (χ3n) is 5.18. The summed E-state index contributed by atoms with van der Waals surface area (Å²) in [4.78, 5) is 20.4. The van der Waals surface area contributed by atoms with Crippen LogP contribution in [0.3, 0.4) is 0 Å². The number of hydrogen-bond acceptors (Lipinski definition) is 8. The Morgan fingerprint density at radius 3 is 2.85 bits per heavy atom. The highest BCUT2D eigenvalue weighted by atomic mass is 79.9. The first-order valence-electron chi connectivity index (χ1n) is 10.4. The molecule has 0 aliphatic carbocycles. The van der Waals surface area contributed by atoms with Gasteiger partial charge in [-0.05, 0) is 48.8 Å². The van der Waals surface area contributed by atoms with Crippen LogP contribution in [0.1, 0.15) is 5.69 Å². The molecule has 0 atom stereocenters. The van der Waals surface area contributed by atoms with Crippen LogP contribution in [0.5, 0.6) is 11.8 Å². The Morgan fingerprint density at radius 1 is 1.30 bits per heavy atom. The molecular formula is C22H25BrFN7OS. The molecule has 3 aromatic rings. The maximum atomic E-state index is 14.7. The number of halogens is 2. The van der Waals surface area contributed by atoms with Gasteiger partial charge >= 0.3 is 6.01 Å². The van der Waals surface area contributed by atoms with Gasteiger partial charge in [-0.2, -0.15) is 9.97 Å². The SMILES string of the molecule is C=N/C=C(/Br)SCNc1cc(N2CCN(C)CC2)nc(Oc2cc3cc(C)[nH]c3cc2F)n1. The predicted octanol–water partition coefficient (Wildman–Crippen LogP) is 4.95. The number of fused-ring (bicyclic) bond motifs is 1. The van der Waals surface area contributed by atoms with Gasteiger partial charge in [0.25, 0.3) is 0 Å². The number of aromatic amines is 1. The number of ether oxygens (including phenoxy) is 1. The van der Waals surface area contributed by atoms with Gasteiger partial charge in [-0.25, -0.2) is 4.39 Å². The number of likely N-dealkylation sites (N-methyl/N-ethyl adjacent to an activating group) is 1. The summed E-state index contributed by atoms with van der Waals surface area (Å²) >= 11 is 4.92. The van der Waals surface area contributed by atoms with E-state index in [1.54, 1.807) is 12.3 Å². The van der Waals surface area contributed by atoms with Gasteiger partial charge in [0.05, 0.1) is 9.69 Å². The Morgan fingerprint density at radius 2 is 2.09 bits per heavy atom. The number of nitrogens with zero attached hydrogens (tertiary/aromatic N) is 5. The lowest BCUT2D eigenvalue weighted by molar-refractivity contribution is 0.311. The van der Waals surface area contributed by atoms with Crippen molar-refractivity contribution in [2.24, 2.45) is 4.99 Å². The first-order chi connectivity index (χ1) is 15.9. The van der Waals surface area contributed by atoms with E-state index in [1.807, 2.05) is 19.1 Å². The third-order valence-corrected chi connectivity index (χ3v) is 6.75. The van der Waals surface area contributed by atoms with E-state index in [1.165, 1.54) is 17.8 Å². The van der Waals surface area contributed by atoms with E-state index in [-0.39, 0.29) is 11.8 Å². The average molecular weight is 534 g/mol. The van der Waals surface area contributed by atoms with E-state index >= 15 is 0 Å². The lowest BCUT2D eigenvalue weighted by Crippen LogP contribution is -2.44. The van der Waals surface area contributed by atoms with E-state index in [0.29, 0.717) is 11.7 Å². The number of piperazine rings is 1. The Balaban J connectivity index is 1.60. The number of aromatic nitrogens is 3. The number of aryl methyl sites for hydroxylation is 1. The Hall–Kier alpha value is -2.63. The first kappa shape index (κ1) is 23.5. The molecule has 8 nitrogen and oxygen atoms in total. The molecule has 0 bridgehead atoms. The second-order valence-corrected chi connectivity index (χ2v) is 10.1. The normalized spacial score (nSPS) is 15.2. The van der Waals surface area contributed by atoms with Crippen molar-refractivity contribution in [3.8, 4) is 11.8 Å². The van der Waals surface area contributed by atoms with Gasteiger partial charge in [0.1, 0.15) is 11.6 Å². The van der Waals surface area contributed by atoms with E-state index in [9.17, 15) is 4.39 Å². The summed E-state index contributed by atoms with van der Waals surface area (Å²) in [6.07, 6.45) is 1.62. The van der Waals surface area contributed by atoms with Crippen molar-refractivity contribution in [1.82, 2.24) is 19.9 Å². The molecule has 1 saturated heterocycles. The van der Waals surface area contributed by atoms with E-state index in [0.717, 1.165) is 52.4 Å². The highest BCUT2D eigenvalue weighted by molar-refractivity contribution is 9.14. The van der Waals surface area contributed by atoms with Crippen LogP contribution in [0.15, 0.2) is 39.3 Å². The minimum absolute atomic E-state index is 0.0834. The maximum absolute atomic E-state index is 14.7. The summed E-state index contributed by atoms with van der Waals surface area (Å²) in [5.41, 5.74) is 1.67. The fourth-order valence-electron chi connectivity index (χ4n) is 3.49. The van der Waals surface area contributed by atoms with Crippen molar-refractivity contribution in [2.75, 3.05) is 49.3 Å². The van der Waals surface area contributed by atoms with Crippen LogP contribution in [-0.2, 0) is 0 Å². The fraction of sp³-hybridized carbons (Fsp3) is 0.318. The van der Waals surface area contributed by atoms with Crippen LogP contribution >= 0.6 is 27.7 Å². The molecule has 2 N–H and O–H groups in total. The quantitative estimate of drug-likeness (QED) is 0.313. The van der Waals surface area contributed by atoms with Crippen LogP contribution < -0.4 is 15.0 Å². The topological polar surface area (TPSA) is 81.7 Å². The van der Waals surface area contributed by atoms with Crippen molar-refractivity contribution in [1.29, 1.82) is 0 Å². The zero-order chi connectivity index (χ0) is 23.4. The highest BCUT2D eigenvalue weighted by Crippen LogP contribution is 2.30. The molecule has 11 heteroatoms. The number of hydrogen-bond donors (Lipinski definition) is 2. The molecule has 174 valence electrons. The number of rotatable bonds is 8. The minimum Gasteiger partial charge on any atom is -0.421 e. The van der Waals surface area contributed by atoms with Crippen LogP contribution in [0, 0.1) is 12.7 Å². The van der Waals surface area contributed by atoms with Gasteiger partial charge in [-0.3, -0.25) is 4.99 Å². The molecule has 0 saturated carbocycles. The number of aliphatic imine (C=N–C) groups is 1. The standard InChI is InChI=1S/C22H25BrFN7OS/c1-14-8-15-9-18(16(24)10-17(15)27-14)32-22-28-20(26-13-33-19(23)12-25-2)11-21(29-22)31-6-4-30(3)5-7-31/h8-12,27H,2,4-7,13H2,1,3H3,(H,26,28,29)/b19-12-. The number of benzene rings is 1. The third kappa shape index (κ3) is 6.04. The van der Waals surface area contributed by atoms with Crippen LogP contribution in [0.4, 0.5) is 16.0 Å². The Labute approximate surface area is 204 Å². The van der Waals surface area contributed by atoms with E-state index in [4.69, 9.17) is 4.74 Å². The monoisotopic (exact) mass is 533 g/mol. The highest BCUT2D eigenvalue weighted by Gasteiger charge is 2.19. The van der Waals surface area contributed by atoms with Gasteiger partial charge < -0.3 is 24.8 Å². The van der Waals surface area contributed by atoms with Crippen molar-refractivity contribution in [3.05, 3.63) is 45.8 Å². The zero-order valence-corrected chi connectivity index (χ0v) is 20.8. The summed E-state index contributed by atoms with van der Waals surface area (Å²) in [6, 6.07) is 7.00. The molecule has 4 rings (SSSR count). The summed E-state index contributed by atoms with van der Waals surface area (Å²) in [5.74, 6) is 1.47. The molecule has 1 fully saturated rings.